The van der Waals surface area contributed by atoms with E-state index in [4.69, 9.17) is 23.2 Å². The fourth-order valence-corrected chi connectivity index (χ4v) is 4.42. The van der Waals surface area contributed by atoms with Crippen LogP contribution in [0.4, 0.5) is 0 Å². The summed E-state index contributed by atoms with van der Waals surface area (Å²) in [7, 11) is 2.41. The lowest BCUT2D eigenvalue weighted by Gasteiger charge is -2.53. The zero-order chi connectivity index (χ0) is 20.3. The molecule has 6 saturated heterocycles. The Morgan fingerprint density at radius 3 is 1.37 bits per heavy atom. The molecule has 0 unspecified atom stereocenters. The van der Waals surface area contributed by atoms with Gasteiger partial charge in [-0.3, -0.25) is 14.3 Å². The van der Waals surface area contributed by atoms with Gasteiger partial charge < -0.3 is 29.3 Å². The molecule has 6 rings (SSSR count). The molecule has 30 heavy (non-hydrogen) atoms. The molecule has 0 amide bonds. The highest BCUT2D eigenvalue weighted by molar-refractivity contribution is 6.20. The highest BCUT2D eigenvalue weighted by Gasteiger charge is 2.46. The second-order valence-electron chi connectivity index (χ2n) is 8.47. The Morgan fingerprint density at radius 2 is 1.07 bits per heavy atom. The standard InChI is InChI=1S/C12H22N2.C6H12N2.C4H4Cl2.2ClH/c1-3-4-5-6-14-10-7-13(2,8-11-14)9-12-14;1-2-8-5-3-7(1)4-6-8;5-3-1-2-4-6;;/h3,6-12H2,1-2H3;1-6H2;3-4H2;2*1H/q+2;;;;/p-2. The number of hydrogen-bond acceptors (Lipinski definition) is 2. The van der Waals surface area contributed by atoms with Crippen LogP contribution in [0.5, 0.6) is 0 Å². The van der Waals surface area contributed by atoms with Crippen LogP contribution < -0.4 is 24.8 Å². The molecule has 6 aliphatic rings. The van der Waals surface area contributed by atoms with Crippen molar-refractivity contribution in [2.24, 2.45) is 0 Å². The predicted molar refractivity (Wildman–Crippen MR) is 121 cm³/mol. The lowest BCUT2D eigenvalue weighted by atomic mass is 10.1. The second-order valence-corrected chi connectivity index (χ2v) is 9.01. The van der Waals surface area contributed by atoms with Crippen molar-refractivity contribution in [3.05, 3.63) is 0 Å². The minimum atomic E-state index is 0. The fourth-order valence-electron chi connectivity index (χ4n) is 4.23. The molecule has 8 heteroatoms. The molecule has 6 heterocycles. The zero-order valence-corrected chi connectivity index (χ0v) is 21.6. The summed E-state index contributed by atoms with van der Waals surface area (Å²) in [6, 6.07) is 0. The Hall–Kier alpha value is 0.120. The van der Waals surface area contributed by atoms with Gasteiger partial charge in [0.15, 0.2) is 0 Å². The van der Waals surface area contributed by atoms with Crippen molar-refractivity contribution in [3.8, 4) is 23.7 Å². The summed E-state index contributed by atoms with van der Waals surface area (Å²) in [5.41, 5.74) is 0. The van der Waals surface area contributed by atoms with E-state index in [0.717, 1.165) is 13.0 Å². The fraction of sp³-hybridized carbons (Fsp3) is 0.818. The van der Waals surface area contributed by atoms with E-state index in [9.17, 15) is 0 Å². The van der Waals surface area contributed by atoms with E-state index in [2.05, 4.69) is 47.5 Å². The van der Waals surface area contributed by atoms with Gasteiger partial charge in [0.05, 0.1) is 18.8 Å². The summed E-state index contributed by atoms with van der Waals surface area (Å²) in [5, 5.41) is 0. The first kappa shape index (κ1) is 30.1. The number of rotatable bonds is 1. The van der Waals surface area contributed by atoms with Crippen LogP contribution in [0.2, 0.25) is 0 Å². The topological polar surface area (TPSA) is 6.48 Å². The molecule has 0 N–H and O–H groups in total. The number of likely N-dealkylation sites (N-methyl/N-ethyl adjacent to an activating group) is 1. The molecule has 6 fully saturated rings. The number of fused-ring (bicyclic) bond motifs is 6. The number of nitrogens with zero attached hydrogens (tertiary/aromatic N) is 4. The lowest BCUT2D eigenvalue weighted by molar-refractivity contribution is -1.07. The van der Waals surface area contributed by atoms with Crippen molar-refractivity contribution >= 4 is 23.2 Å². The van der Waals surface area contributed by atoms with E-state index >= 15 is 0 Å². The molecule has 0 radical (unpaired) electrons. The Labute approximate surface area is 207 Å². The van der Waals surface area contributed by atoms with Gasteiger partial charge in [-0.2, -0.15) is 0 Å². The Morgan fingerprint density at radius 1 is 0.667 bits per heavy atom. The maximum absolute atomic E-state index is 5.15. The average Bonchev–Trinajstić information content (AvgIpc) is 2.76. The molecule has 6 aliphatic heterocycles. The summed E-state index contributed by atoms with van der Waals surface area (Å²) in [4.78, 5) is 5.08. The highest BCUT2D eigenvalue weighted by Crippen LogP contribution is 2.23. The molecular weight excluding hydrogens is 462 g/mol. The largest absolute Gasteiger partial charge is 1.00 e. The van der Waals surface area contributed by atoms with Gasteiger partial charge in [-0.1, -0.05) is 24.7 Å². The van der Waals surface area contributed by atoms with E-state index in [0.29, 0.717) is 11.8 Å². The first-order chi connectivity index (χ1) is 13.5. The van der Waals surface area contributed by atoms with Gasteiger partial charge in [0.25, 0.3) is 0 Å². The Balaban J connectivity index is 0.000000451. The molecule has 0 aromatic rings. The van der Waals surface area contributed by atoms with Gasteiger partial charge in [-0.25, -0.2) is 0 Å². The van der Waals surface area contributed by atoms with Crippen molar-refractivity contribution in [2.45, 2.75) is 13.3 Å². The van der Waals surface area contributed by atoms with Crippen molar-refractivity contribution in [2.75, 3.05) is 104 Å². The Bertz CT molecular complexity index is 530. The minimum Gasteiger partial charge on any atom is -1.00 e. The first-order valence-corrected chi connectivity index (χ1v) is 11.8. The van der Waals surface area contributed by atoms with Gasteiger partial charge in [0.2, 0.25) is 0 Å². The third-order valence-electron chi connectivity index (χ3n) is 6.51. The van der Waals surface area contributed by atoms with Crippen LogP contribution in [-0.4, -0.2) is 123 Å². The number of halogens is 4. The maximum atomic E-state index is 5.15. The number of piperazine rings is 6. The maximum Gasteiger partial charge on any atom is 0.141 e. The van der Waals surface area contributed by atoms with Crippen molar-refractivity contribution in [3.63, 3.8) is 0 Å². The molecule has 4 nitrogen and oxygen atoms in total. The quantitative estimate of drug-likeness (QED) is 0.205. The molecule has 0 aromatic carbocycles. The van der Waals surface area contributed by atoms with E-state index in [1.54, 1.807) is 0 Å². The molecule has 0 aromatic heterocycles. The zero-order valence-electron chi connectivity index (χ0n) is 18.6. The molecular formula is C22H38Cl4N4. The molecule has 0 spiro atoms. The normalized spacial score (nSPS) is 32.1. The van der Waals surface area contributed by atoms with Gasteiger partial charge in [-0.15, -0.1) is 23.2 Å². The van der Waals surface area contributed by atoms with Crippen LogP contribution in [0.15, 0.2) is 0 Å². The summed E-state index contributed by atoms with van der Waals surface area (Å²) < 4.78 is 2.61. The number of alkyl halides is 2. The summed E-state index contributed by atoms with van der Waals surface area (Å²) in [6.45, 7) is 19.3. The SMILES string of the molecule is C1CN2CCN1CC2.CCC#CC[N+]12CC[N+](C)(CC1)CC2.ClCC#CCCl.[Cl-].[Cl-]. The van der Waals surface area contributed by atoms with Crippen LogP contribution in [0.1, 0.15) is 13.3 Å². The number of quaternary nitrogens is 2. The molecule has 0 saturated carbocycles. The predicted octanol–water partition coefficient (Wildman–Crippen LogP) is -4.22. The van der Waals surface area contributed by atoms with Crippen LogP contribution in [-0.2, 0) is 0 Å². The number of hydrogen-bond donors (Lipinski definition) is 0. The van der Waals surface area contributed by atoms with Crippen molar-refractivity contribution in [1.29, 1.82) is 0 Å². The molecule has 0 atom stereocenters. The van der Waals surface area contributed by atoms with Crippen molar-refractivity contribution < 1.29 is 33.8 Å². The van der Waals surface area contributed by atoms with E-state index in [1.807, 2.05) is 0 Å². The van der Waals surface area contributed by atoms with E-state index in [1.165, 1.54) is 87.5 Å². The van der Waals surface area contributed by atoms with Crippen LogP contribution in [0.3, 0.4) is 0 Å². The average molecular weight is 500 g/mol. The van der Waals surface area contributed by atoms with E-state index < -0.39 is 0 Å². The van der Waals surface area contributed by atoms with Crippen molar-refractivity contribution in [1.82, 2.24) is 9.80 Å². The lowest BCUT2D eigenvalue weighted by Crippen LogP contribution is -3.00. The molecule has 174 valence electrons. The summed E-state index contributed by atoms with van der Waals surface area (Å²) in [5.74, 6) is 12.5. The smallest absolute Gasteiger partial charge is 0.141 e. The third kappa shape index (κ3) is 10.2. The van der Waals surface area contributed by atoms with Gasteiger partial charge in [0.1, 0.15) is 45.8 Å². The van der Waals surface area contributed by atoms with Crippen LogP contribution >= 0.6 is 23.2 Å². The third-order valence-corrected chi connectivity index (χ3v) is 6.78. The first-order valence-electron chi connectivity index (χ1n) is 10.7. The van der Waals surface area contributed by atoms with Gasteiger partial charge in [-0.05, 0) is 5.92 Å². The van der Waals surface area contributed by atoms with Gasteiger partial charge >= 0.3 is 0 Å². The van der Waals surface area contributed by atoms with E-state index in [-0.39, 0.29) is 24.8 Å². The molecule has 0 aliphatic carbocycles. The Kier molecular flexibility index (Phi) is 15.9. The highest BCUT2D eigenvalue weighted by atomic mass is 35.5. The van der Waals surface area contributed by atoms with Crippen LogP contribution in [0, 0.1) is 23.7 Å². The van der Waals surface area contributed by atoms with Gasteiger partial charge in [0, 0.05) is 45.7 Å². The monoisotopic (exact) mass is 498 g/mol. The minimum absolute atomic E-state index is 0. The summed E-state index contributed by atoms with van der Waals surface area (Å²) in [6.07, 6.45) is 1.01. The second kappa shape index (κ2) is 15.8. The van der Waals surface area contributed by atoms with Crippen LogP contribution in [0.25, 0.3) is 0 Å². The molecule has 4 bridgehead atoms. The summed E-state index contributed by atoms with van der Waals surface area (Å²) >= 11 is 10.3.